The van der Waals surface area contributed by atoms with Gasteiger partial charge in [0, 0.05) is 51.8 Å². The van der Waals surface area contributed by atoms with E-state index in [4.69, 9.17) is 4.74 Å². The molecule has 0 fully saturated rings. The summed E-state index contributed by atoms with van der Waals surface area (Å²) in [7, 11) is 3.87. The van der Waals surface area contributed by atoms with Crippen LogP contribution in [0.5, 0.6) is 0 Å². The predicted octanol–water partition coefficient (Wildman–Crippen LogP) is 1.67. The molecular formula is C13H26N4O. The van der Waals surface area contributed by atoms with Crippen molar-refractivity contribution < 1.29 is 4.74 Å². The SMILES string of the molecule is COCCCNc1nccn1CCN(C)C(C)C. The van der Waals surface area contributed by atoms with Gasteiger partial charge >= 0.3 is 0 Å². The van der Waals surface area contributed by atoms with Gasteiger partial charge in [-0.3, -0.25) is 0 Å². The lowest BCUT2D eigenvalue weighted by Crippen LogP contribution is -2.29. The maximum atomic E-state index is 5.02. The molecule has 0 aliphatic carbocycles. The Hall–Kier alpha value is -1.07. The van der Waals surface area contributed by atoms with Crippen LogP contribution < -0.4 is 5.32 Å². The van der Waals surface area contributed by atoms with Crippen LogP contribution in [-0.4, -0.2) is 54.3 Å². The van der Waals surface area contributed by atoms with Gasteiger partial charge in [0.1, 0.15) is 0 Å². The number of anilines is 1. The van der Waals surface area contributed by atoms with Crippen molar-refractivity contribution in [1.82, 2.24) is 14.5 Å². The van der Waals surface area contributed by atoms with E-state index < -0.39 is 0 Å². The number of aromatic nitrogens is 2. The lowest BCUT2D eigenvalue weighted by molar-refractivity contribution is 0.197. The first kappa shape index (κ1) is 15.0. The fraction of sp³-hybridized carbons (Fsp3) is 0.769. The molecule has 0 aliphatic rings. The first-order chi connectivity index (χ1) is 8.65. The Morgan fingerprint density at radius 2 is 2.28 bits per heavy atom. The van der Waals surface area contributed by atoms with E-state index in [9.17, 15) is 0 Å². The Balaban J connectivity index is 2.35. The molecule has 0 aromatic carbocycles. The number of methoxy groups -OCH3 is 1. The molecule has 0 radical (unpaired) electrons. The van der Waals surface area contributed by atoms with E-state index in [-0.39, 0.29) is 0 Å². The highest BCUT2D eigenvalue weighted by molar-refractivity contribution is 5.25. The first-order valence-corrected chi connectivity index (χ1v) is 6.59. The van der Waals surface area contributed by atoms with Crippen molar-refractivity contribution in [3.05, 3.63) is 12.4 Å². The molecule has 1 aromatic heterocycles. The van der Waals surface area contributed by atoms with Gasteiger partial charge in [-0.15, -0.1) is 0 Å². The molecule has 0 saturated heterocycles. The highest BCUT2D eigenvalue weighted by Crippen LogP contribution is 2.05. The maximum Gasteiger partial charge on any atom is 0.202 e. The number of nitrogens with one attached hydrogen (secondary N) is 1. The number of likely N-dealkylation sites (N-methyl/N-ethyl adjacent to an activating group) is 1. The van der Waals surface area contributed by atoms with E-state index in [1.54, 1.807) is 7.11 Å². The summed E-state index contributed by atoms with van der Waals surface area (Å²) in [6, 6.07) is 0.576. The molecule has 0 amide bonds. The van der Waals surface area contributed by atoms with Gasteiger partial charge in [0.05, 0.1) is 0 Å². The van der Waals surface area contributed by atoms with Crippen molar-refractivity contribution >= 4 is 5.95 Å². The zero-order chi connectivity index (χ0) is 13.4. The van der Waals surface area contributed by atoms with Gasteiger partial charge in [-0.25, -0.2) is 4.98 Å². The van der Waals surface area contributed by atoms with Crippen LogP contribution in [0.3, 0.4) is 0 Å². The summed E-state index contributed by atoms with van der Waals surface area (Å²) in [5.74, 6) is 0.947. The van der Waals surface area contributed by atoms with Crippen molar-refractivity contribution in [3.63, 3.8) is 0 Å². The minimum absolute atomic E-state index is 0.576. The summed E-state index contributed by atoms with van der Waals surface area (Å²) in [5, 5.41) is 3.33. The smallest absolute Gasteiger partial charge is 0.202 e. The monoisotopic (exact) mass is 254 g/mol. The van der Waals surface area contributed by atoms with Gasteiger partial charge in [-0.1, -0.05) is 0 Å². The Kier molecular flexibility index (Phi) is 6.75. The molecule has 1 N–H and O–H groups in total. The average Bonchev–Trinajstić information content (AvgIpc) is 2.79. The van der Waals surface area contributed by atoms with Crippen LogP contribution in [-0.2, 0) is 11.3 Å². The number of hydrogen-bond donors (Lipinski definition) is 1. The molecular weight excluding hydrogens is 228 g/mol. The second-order valence-corrected chi connectivity index (χ2v) is 4.79. The minimum Gasteiger partial charge on any atom is -0.385 e. The topological polar surface area (TPSA) is 42.3 Å². The van der Waals surface area contributed by atoms with E-state index in [0.717, 1.165) is 38.6 Å². The Bertz CT molecular complexity index is 325. The Morgan fingerprint density at radius 1 is 1.50 bits per heavy atom. The third kappa shape index (κ3) is 5.06. The van der Waals surface area contributed by atoms with E-state index >= 15 is 0 Å². The molecule has 18 heavy (non-hydrogen) atoms. The molecule has 1 rings (SSSR count). The maximum absolute atomic E-state index is 5.02. The number of rotatable bonds is 9. The van der Waals surface area contributed by atoms with Crippen molar-refractivity contribution in [2.75, 3.05) is 39.2 Å². The lowest BCUT2D eigenvalue weighted by atomic mass is 10.3. The zero-order valence-corrected chi connectivity index (χ0v) is 12.0. The third-order valence-electron chi connectivity index (χ3n) is 3.10. The summed E-state index contributed by atoms with van der Waals surface area (Å²) >= 11 is 0. The summed E-state index contributed by atoms with van der Waals surface area (Å²) in [4.78, 5) is 6.66. The summed E-state index contributed by atoms with van der Waals surface area (Å²) in [6.45, 7) is 8.08. The van der Waals surface area contributed by atoms with Crippen LogP contribution in [0.2, 0.25) is 0 Å². The van der Waals surface area contributed by atoms with Gasteiger partial charge in [-0.05, 0) is 27.3 Å². The van der Waals surface area contributed by atoms with E-state index in [1.807, 2.05) is 12.4 Å². The molecule has 104 valence electrons. The van der Waals surface area contributed by atoms with Crippen LogP contribution >= 0.6 is 0 Å². The van der Waals surface area contributed by atoms with Gasteiger partial charge in [0.2, 0.25) is 5.95 Å². The van der Waals surface area contributed by atoms with Gasteiger partial charge in [0.25, 0.3) is 0 Å². The van der Waals surface area contributed by atoms with Crippen LogP contribution in [0.15, 0.2) is 12.4 Å². The van der Waals surface area contributed by atoms with Crippen molar-refractivity contribution in [3.8, 4) is 0 Å². The molecule has 5 heteroatoms. The first-order valence-electron chi connectivity index (χ1n) is 6.59. The number of ether oxygens (including phenoxy) is 1. The molecule has 0 atom stereocenters. The van der Waals surface area contributed by atoms with Crippen LogP contribution in [0.1, 0.15) is 20.3 Å². The van der Waals surface area contributed by atoms with Crippen LogP contribution in [0.4, 0.5) is 5.95 Å². The molecule has 5 nitrogen and oxygen atoms in total. The largest absolute Gasteiger partial charge is 0.385 e. The second kappa shape index (κ2) is 8.11. The van der Waals surface area contributed by atoms with Crippen molar-refractivity contribution in [2.45, 2.75) is 32.9 Å². The summed E-state index contributed by atoms with van der Waals surface area (Å²) in [5.41, 5.74) is 0. The normalized spacial score (nSPS) is 11.4. The molecule has 0 unspecified atom stereocenters. The highest BCUT2D eigenvalue weighted by Gasteiger charge is 2.05. The summed E-state index contributed by atoms with van der Waals surface area (Å²) in [6.07, 6.45) is 4.86. The van der Waals surface area contributed by atoms with E-state index in [2.05, 4.69) is 40.7 Å². The number of hydrogen-bond acceptors (Lipinski definition) is 4. The average molecular weight is 254 g/mol. The Morgan fingerprint density at radius 3 is 2.94 bits per heavy atom. The molecule has 0 aliphatic heterocycles. The Labute approximate surface area is 110 Å². The predicted molar refractivity (Wildman–Crippen MR) is 75.0 cm³/mol. The van der Waals surface area contributed by atoms with Crippen LogP contribution in [0, 0.1) is 0 Å². The zero-order valence-electron chi connectivity index (χ0n) is 12.0. The standard InChI is InChI=1S/C13H26N4O/c1-12(2)16(3)9-10-17-8-7-15-13(17)14-6-5-11-18-4/h7-8,12H,5-6,9-11H2,1-4H3,(H,14,15). The molecule has 1 aromatic rings. The van der Waals surface area contributed by atoms with E-state index in [0.29, 0.717) is 6.04 Å². The van der Waals surface area contributed by atoms with E-state index in [1.165, 1.54) is 0 Å². The van der Waals surface area contributed by atoms with Gasteiger partial charge in [0.15, 0.2) is 0 Å². The van der Waals surface area contributed by atoms with Gasteiger partial charge < -0.3 is 19.5 Å². The molecule has 0 bridgehead atoms. The van der Waals surface area contributed by atoms with Crippen molar-refractivity contribution in [1.29, 1.82) is 0 Å². The van der Waals surface area contributed by atoms with Crippen LogP contribution in [0.25, 0.3) is 0 Å². The minimum atomic E-state index is 0.576. The number of nitrogens with zero attached hydrogens (tertiary/aromatic N) is 3. The fourth-order valence-corrected chi connectivity index (χ4v) is 1.60. The summed E-state index contributed by atoms with van der Waals surface area (Å²) < 4.78 is 7.18. The second-order valence-electron chi connectivity index (χ2n) is 4.79. The number of imidazole rings is 1. The molecule has 0 spiro atoms. The lowest BCUT2D eigenvalue weighted by Gasteiger charge is -2.21. The molecule has 0 saturated carbocycles. The van der Waals surface area contributed by atoms with Gasteiger partial charge in [-0.2, -0.15) is 0 Å². The highest BCUT2D eigenvalue weighted by atomic mass is 16.5. The molecule has 1 heterocycles. The fourth-order valence-electron chi connectivity index (χ4n) is 1.60. The third-order valence-corrected chi connectivity index (χ3v) is 3.10. The quantitative estimate of drug-likeness (QED) is 0.681. The van der Waals surface area contributed by atoms with Crippen molar-refractivity contribution in [2.24, 2.45) is 0 Å².